The van der Waals surface area contributed by atoms with Crippen LogP contribution in [0.3, 0.4) is 0 Å². The fraction of sp³-hybridized carbons (Fsp3) is 0.533. The monoisotopic (exact) mass is 306 g/mol. The summed E-state index contributed by atoms with van der Waals surface area (Å²) in [5, 5.41) is 0. The van der Waals surface area contributed by atoms with Gasteiger partial charge in [-0.15, -0.1) is 0 Å². The Labute approximate surface area is 124 Å². The van der Waals surface area contributed by atoms with E-state index in [9.17, 15) is 13.2 Å². The van der Waals surface area contributed by atoms with E-state index in [4.69, 9.17) is 0 Å². The van der Waals surface area contributed by atoms with Gasteiger partial charge in [0, 0.05) is 12.6 Å². The molecule has 1 unspecified atom stereocenters. The highest BCUT2D eigenvalue weighted by Gasteiger charge is 2.49. The Balaban J connectivity index is 1.74. The van der Waals surface area contributed by atoms with Crippen LogP contribution in [0.2, 0.25) is 0 Å². The Morgan fingerprint density at radius 1 is 1.10 bits per heavy atom. The fourth-order valence-electron chi connectivity index (χ4n) is 3.89. The van der Waals surface area contributed by atoms with Gasteiger partial charge >= 0.3 is 6.03 Å². The van der Waals surface area contributed by atoms with Gasteiger partial charge in [-0.2, -0.15) is 0 Å². The van der Waals surface area contributed by atoms with Crippen LogP contribution in [0, 0.1) is 0 Å². The quantitative estimate of drug-likeness (QED) is 0.799. The summed E-state index contributed by atoms with van der Waals surface area (Å²) in [7, 11) is -3.51. The molecule has 1 saturated carbocycles. The highest BCUT2D eigenvalue weighted by atomic mass is 32.2. The van der Waals surface area contributed by atoms with Crippen molar-refractivity contribution in [2.75, 3.05) is 5.75 Å². The fourth-order valence-corrected chi connectivity index (χ4v) is 5.82. The van der Waals surface area contributed by atoms with Crippen LogP contribution >= 0.6 is 0 Å². The summed E-state index contributed by atoms with van der Waals surface area (Å²) in [6.07, 6.45) is 3.62. The predicted octanol–water partition coefficient (Wildman–Crippen LogP) is 2.25. The molecular formula is C15H18N2O3S. The third kappa shape index (κ3) is 1.88. The minimum atomic E-state index is -3.51. The average Bonchev–Trinajstić information content (AvgIpc) is 3.06. The molecule has 5 nitrogen and oxygen atoms in total. The van der Waals surface area contributed by atoms with E-state index in [2.05, 4.69) is 0 Å². The first-order valence-corrected chi connectivity index (χ1v) is 9.09. The van der Waals surface area contributed by atoms with E-state index < -0.39 is 10.0 Å². The van der Waals surface area contributed by atoms with Gasteiger partial charge in [0.1, 0.15) is 0 Å². The van der Waals surface area contributed by atoms with Gasteiger partial charge in [-0.1, -0.05) is 37.1 Å². The lowest BCUT2D eigenvalue weighted by Crippen LogP contribution is -2.56. The molecule has 0 radical (unpaired) electrons. The summed E-state index contributed by atoms with van der Waals surface area (Å²) < 4.78 is 26.4. The Bertz CT molecular complexity index is 695. The zero-order chi connectivity index (χ0) is 14.6. The van der Waals surface area contributed by atoms with Crippen LogP contribution in [0.5, 0.6) is 0 Å². The molecule has 6 heteroatoms. The lowest BCUT2D eigenvalue weighted by Gasteiger charge is -2.40. The molecule has 0 N–H and O–H groups in total. The van der Waals surface area contributed by atoms with Crippen LogP contribution in [0.4, 0.5) is 4.79 Å². The molecule has 112 valence electrons. The molecule has 1 aromatic carbocycles. The van der Waals surface area contributed by atoms with Crippen molar-refractivity contribution in [1.29, 1.82) is 0 Å². The van der Waals surface area contributed by atoms with Gasteiger partial charge in [0.25, 0.3) is 0 Å². The molecule has 3 aliphatic rings. The van der Waals surface area contributed by atoms with Crippen molar-refractivity contribution >= 4 is 16.1 Å². The topological polar surface area (TPSA) is 57.7 Å². The number of amides is 2. The molecule has 2 heterocycles. The third-order valence-electron chi connectivity index (χ3n) is 4.89. The number of carbonyl (C=O) groups is 1. The summed E-state index contributed by atoms with van der Waals surface area (Å²) in [5.74, 6) is 0.0201. The summed E-state index contributed by atoms with van der Waals surface area (Å²) >= 11 is 0. The Hall–Kier alpha value is -1.56. The Kier molecular flexibility index (Phi) is 2.79. The van der Waals surface area contributed by atoms with E-state index in [0.29, 0.717) is 6.54 Å². The molecule has 2 fully saturated rings. The molecule has 1 aliphatic carbocycles. The molecule has 1 saturated heterocycles. The number of fused-ring (bicyclic) bond motifs is 3. The molecule has 2 amide bonds. The van der Waals surface area contributed by atoms with E-state index in [1.54, 1.807) is 4.90 Å². The molecule has 2 aliphatic heterocycles. The lowest BCUT2D eigenvalue weighted by atomic mass is 10.1. The summed E-state index contributed by atoms with van der Waals surface area (Å²) in [4.78, 5) is 14.5. The van der Waals surface area contributed by atoms with Crippen LogP contribution in [0.25, 0.3) is 0 Å². The molecule has 0 bridgehead atoms. The van der Waals surface area contributed by atoms with E-state index in [1.807, 2.05) is 24.3 Å². The van der Waals surface area contributed by atoms with Crippen molar-refractivity contribution in [2.24, 2.45) is 0 Å². The number of rotatable bonds is 1. The highest BCUT2D eigenvalue weighted by Crippen LogP contribution is 2.41. The average molecular weight is 306 g/mol. The SMILES string of the molecule is O=C1N2Cc3ccccc3C2CS(=O)(=O)N1C1CCCC1. The van der Waals surface area contributed by atoms with E-state index in [1.165, 1.54) is 4.31 Å². The maximum atomic E-state index is 12.8. The second kappa shape index (κ2) is 4.47. The molecule has 0 aromatic heterocycles. The van der Waals surface area contributed by atoms with Crippen molar-refractivity contribution in [1.82, 2.24) is 9.21 Å². The van der Waals surface area contributed by atoms with Gasteiger partial charge in [-0.3, -0.25) is 0 Å². The number of hydrogen-bond donors (Lipinski definition) is 0. The second-order valence-corrected chi connectivity index (χ2v) is 8.03. The molecule has 4 rings (SSSR count). The number of hydrogen-bond acceptors (Lipinski definition) is 3. The number of sulfonamides is 1. The lowest BCUT2D eigenvalue weighted by molar-refractivity contribution is 0.146. The summed E-state index contributed by atoms with van der Waals surface area (Å²) in [5.41, 5.74) is 2.06. The van der Waals surface area contributed by atoms with Gasteiger partial charge < -0.3 is 4.90 Å². The van der Waals surface area contributed by atoms with Crippen molar-refractivity contribution in [3.8, 4) is 0 Å². The van der Waals surface area contributed by atoms with E-state index in [0.717, 1.165) is 36.8 Å². The van der Waals surface area contributed by atoms with Crippen LogP contribution in [-0.4, -0.2) is 35.4 Å². The zero-order valence-corrected chi connectivity index (χ0v) is 12.6. The second-order valence-electron chi connectivity index (χ2n) is 6.14. The number of nitrogens with zero attached hydrogens (tertiary/aromatic N) is 2. The minimum absolute atomic E-state index is 0.0201. The van der Waals surface area contributed by atoms with Crippen LogP contribution < -0.4 is 0 Å². The summed E-state index contributed by atoms with van der Waals surface area (Å²) in [6, 6.07) is 6.99. The first-order valence-electron chi connectivity index (χ1n) is 7.48. The first kappa shape index (κ1) is 13.1. The van der Waals surface area contributed by atoms with Gasteiger partial charge in [-0.05, 0) is 24.0 Å². The van der Waals surface area contributed by atoms with Gasteiger partial charge in [0.2, 0.25) is 10.0 Å². The molecular weight excluding hydrogens is 288 g/mol. The Morgan fingerprint density at radius 2 is 1.81 bits per heavy atom. The van der Waals surface area contributed by atoms with Gasteiger partial charge in [-0.25, -0.2) is 17.5 Å². The van der Waals surface area contributed by atoms with Crippen molar-refractivity contribution in [3.05, 3.63) is 35.4 Å². The molecule has 1 atom stereocenters. The maximum absolute atomic E-state index is 12.8. The van der Waals surface area contributed by atoms with Gasteiger partial charge in [0.15, 0.2) is 0 Å². The molecule has 0 spiro atoms. The normalized spacial score (nSPS) is 27.8. The highest BCUT2D eigenvalue weighted by molar-refractivity contribution is 7.89. The summed E-state index contributed by atoms with van der Waals surface area (Å²) in [6.45, 7) is 0.526. The smallest absolute Gasteiger partial charge is 0.311 e. The van der Waals surface area contributed by atoms with Crippen molar-refractivity contribution in [3.63, 3.8) is 0 Å². The minimum Gasteiger partial charge on any atom is -0.311 e. The number of benzene rings is 1. The van der Waals surface area contributed by atoms with Gasteiger partial charge in [0.05, 0.1) is 11.8 Å². The Morgan fingerprint density at radius 3 is 2.57 bits per heavy atom. The van der Waals surface area contributed by atoms with Crippen molar-refractivity contribution < 1.29 is 13.2 Å². The predicted molar refractivity (Wildman–Crippen MR) is 78.0 cm³/mol. The van der Waals surface area contributed by atoms with E-state index in [-0.39, 0.29) is 23.9 Å². The number of carbonyl (C=O) groups excluding carboxylic acids is 1. The van der Waals surface area contributed by atoms with E-state index >= 15 is 0 Å². The zero-order valence-electron chi connectivity index (χ0n) is 11.7. The number of urea groups is 1. The maximum Gasteiger partial charge on any atom is 0.334 e. The largest absolute Gasteiger partial charge is 0.334 e. The first-order chi connectivity index (χ1) is 10.1. The van der Waals surface area contributed by atoms with Crippen LogP contribution in [0.15, 0.2) is 24.3 Å². The van der Waals surface area contributed by atoms with Crippen LogP contribution in [0.1, 0.15) is 42.9 Å². The van der Waals surface area contributed by atoms with Crippen LogP contribution in [-0.2, 0) is 16.6 Å². The molecule has 21 heavy (non-hydrogen) atoms. The third-order valence-corrected chi connectivity index (χ3v) is 6.68. The standard InChI is InChI=1S/C15H18N2O3S/c18-15-16-9-11-5-1-4-8-13(11)14(16)10-21(19,20)17(15)12-6-2-3-7-12/h1,4-5,8,12,14H,2-3,6-7,9-10H2. The van der Waals surface area contributed by atoms with Crippen molar-refractivity contribution in [2.45, 2.75) is 44.3 Å². The molecule has 1 aromatic rings.